The van der Waals surface area contributed by atoms with Crippen LogP contribution in [0.15, 0.2) is 47.4 Å². The van der Waals surface area contributed by atoms with Crippen LogP contribution in [0.1, 0.15) is 23.7 Å². The summed E-state index contributed by atoms with van der Waals surface area (Å²) in [5, 5.41) is 0. The molecule has 1 heterocycles. The first-order valence-electron chi connectivity index (χ1n) is 8.19. The second-order valence-corrected chi connectivity index (χ2v) is 7.31. The van der Waals surface area contributed by atoms with Crippen LogP contribution in [0.4, 0.5) is 5.69 Å². The first kappa shape index (κ1) is 18.1. The third kappa shape index (κ3) is 4.08. The van der Waals surface area contributed by atoms with E-state index in [1.807, 2.05) is 6.92 Å². The van der Waals surface area contributed by atoms with Crippen LogP contribution in [-0.2, 0) is 14.8 Å². The average Bonchev–Trinajstić information content (AvgIpc) is 2.66. The number of hydrogen-bond donors (Lipinski definition) is 1. The van der Waals surface area contributed by atoms with E-state index in [2.05, 4.69) is 4.72 Å². The molecule has 1 aliphatic heterocycles. The number of benzene rings is 2. The van der Waals surface area contributed by atoms with Crippen molar-refractivity contribution < 1.29 is 27.4 Å². The highest BCUT2D eigenvalue weighted by atomic mass is 32.2. The predicted molar refractivity (Wildman–Crippen MR) is 95.3 cm³/mol. The molecule has 0 radical (unpaired) electrons. The second kappa shape index (κ2) is 7.65. The maximum absolute atomic E-state index is 12.5. The molecule has 2 aromatic carbocycles. The van der Waals surface area contributed by atoms with E-state index in [0.717, 1.165) is 6.42 Å². The summed E-state index contributed by atoms with van der Waals surface area (Å²) < 4.78 is 43.4. The van der Waals surface area contributed by atoms with Gasteiger partial charge in [0.25, 0.3) is 10.0 Å². The molecule has 0 aromatic heterocycles. The lowest BCUT2D eigenvalue weighted by Gasteiger charge is -2.19. The van der Waals surface area contributed by atoms with E-state index in [1.54, 1.807) is 6.07 Å². The zero-order chi connectivity index (χ0) is 18.6. The van der Waals surface area contributed by atoms with E-state index < -0.39 is 16.0 Å². The van der Waals surface area contributed by atoms with Crippen molar-refractivity contribution in [1.29, 1.82) is 0 Å². The molecule has 0 amide bonds. The summed E-state index contributed by atoms with van der Waals surface area (Å²) in [6.45, 7) is 3.06. The number of carbonyl (C=O) groups excluding carboxylic acids is 1. The second-order valence-electron chi connectivity index (χ2n) is 5.62. The Kier molecular flexibility index (Phi) is 5.32. The standard InChI is InChI=1S/C18H19NO6S/c1-2-9-25-18(20)13-3-5-14(6-4-13)19-26(21,22)15-7-8-16-17(12-15)24-11-10-23-16/h3-8,12,19H,2,9-11H2,1H3. The van der Waals surface area contributed by atoms with Crippen molar-refractivity contribution in [3.05, 3.63) is 48.0 Å². The Morgan fingerprint density at radius 2 is 1.77 bits per heavy atom. The zero-order valence-corrected chi connectivity index (χ0v) is 15.0. The molecule has 0 saturated carbocycles. The number of ether oxygens (including phenoxy) is 3. The number of rotatable bonds is 6. The number of carbonyl (C=O) groups is 1. The van der Waals surface area contributed by atoms with E-state index in [9.17, 15) is 13.2 Å². The van der Waals surface area contributed by atoms with Crippen molar-refractivity contribution in [2.45, 2.75) is 18.2 Å². The number of hydrogen-bond acceptors (Lipinski definition) is 6. The molecule has 138 valence electrons. The van der Waals surface area contributed by atoms with E-state index in [-0.39, 0.29) is 4.90 Å². The van der Waals surface area contributed by atoms with Crippen LogP contribution in [0.25, 0.3) is 0 Å². The maximum atomic E-state index is 12.5. The zero-order valence-electron chi connectivity index (χ0n) is 14.2. The van der Waals surface area contributed by atoms with Crippen LogP contribution in [0.5, 0.6) is 11.5 Å². The lowest BCUT2D eigenvalue weighted by molar-refractivity contribution is 0.0505. The molecule has 0 saturated heterocycles. The molecular formula is C18H19NO6S. The van der Waals surface area contributed by atoms with Gasteiger partial charge in [-0.15, -0.1) is 0 Å². The van der Waals surface area contributed by atoms with Crippen molar-refractivity contribution in [3.63, 3.8) is 0 Å². The molecule has 3 rings (SSSR count). The predicted octanol–water partition coefficient (Wildman–Crippen LogP) is 2.83. The topological polar surface area (TPSA) is 90.9 Å². The Hall–Kier alpha value is -2.74. The molecule has 8 heteroatoms. The largest absolute Gasteiger partial charge is 0.486 e. The highest BCUT2D eigenvalue weighted by Gasteiger charge is 2.19. The van der Waals surface area contributed by atoms with E-state index in [1.165, 1.54) is 36.4 Å². The molecule has 0 aliphatic carbocycles. The van der Waals surface area contributed by atoms with Crippen molar-refractivity contribution in [2.75, 3.05) is 24.5 Å². The van der Waals surface area contributed by atoms with Gasteiger partial charge in [-0.1, -0.05) is 6.92 Å². The molecule has 1 aliphatic rings. The number of nitrogens with one attached hydrogen (secondary N) is 1. The van der Waals surface area contributed by atoms with Crippen LogP contribution < -0.4 is 14.2 Å². The Balaban J connectivity index is 1.74. The molecule has 0 spiro atoms. The molecular weight excluding hydrogens is 358 g/mol. The minimum atomic E-state index is -3.80. The van der Waals surface area contributed by atoms with Gasteiger partial charge >= 0.3 is 5.97 Å². The fraction of sp³-hybridized carbons (Fsp3) is 0.278. The summed E-state index contributed by atoms with van der Waals surface area (Å²) in [5.41, 5.74) is 0.702. The molecule has 0 bridgehead atoms. The van der Waals surface area contributed by atoms with Gasteiger partial charge in [0.05, 0.1) is 17.1 Å². The van der Waals surface area contributed by atoms with Crippen molar-refractivity contribution in [1.82, 2.24) is 0 Å². The number of anilines is 1. The Labute approximate surface area is 151 Å². The number of sulfonamides is 1. The van der Waals surface area contributed by atoms with Gasteiger partial charge in [-0.05, 0) is 42.8 Å². The number of fused-ring (bicyclic) bond motifs is 1. The van der Waals surface area contributed by atoms with E-state index in [4.69, 9.17) is 14.2 Å². The summed E-state index contributed by atoms with van der Waals surface area (Å²) >= 11 is 0. The van der Waals surface area contributed by atoms with Gasteiger partial charge in [0, 0.05) is 11.8 Å². The number of esters is 1. The lowest BCUT2D eigenvalue weighted by Crippen LogP contribution is -2.17. The lowest BCUT2D eigenvalue weighted by atomic mass is 10.2. The average molecular weight is 377 g/mol. The monoisotopic (exact) mass is 377 g/mol. The molecule has 26 heavy (non-hydrogen) atoms. The Bertz CT molecular complexity index is 892. The summed E-state index contributed by atoms with van der Waals surface area (Å²) in [5.74, 6) is 0.478. The molecule has 0 atom stereocenters. The first-order valence-corrected chi connectivity index (χ1v) is 9.67. The van der Waals surface area contributed by atoms with E-state index in [0.29, 0.717) is 42.6 Å². The van der Waals surface area contributed by atoms with Gasteiger partial charge in [0.1, 0.15) is 13.2 Å². The SMILES string of the molecule is CCCOC(=O)c1ccc(NS(=O)(=O)c2ccc3c(c2)OCCO3)cc1. The molecule has 0 fully saturated rings. The smallest absolute Gasteiger partial charge is 0.338 e. The van der Waals surface area contributed by atoms with Gasteiger partial charge in [0.2, 0.25) is 0 Å². The minimum absolute atomic E-state index is 0.0631. The first-order chi connectivity index (χ1) is 12.5. The Morgan fingerprint density at radius 3 is 2.46 bits per heavy atom. The van der Waals surface area contributed by atoms with Gasteiger partial charge < -0.3 is 14.2 Å². The van der Waals surface area contributed by atoms with Crippen molar-refractivity contribution in [3.8, 4) is 11.5 Å². The summed E-state index contributed by atoms with van der Waals surface area (Å²) in [7, 11) is -3.80. The molecule has 0 unspecified atom stereocenters. The van der Waals surface area contributed by atoms with Crippen molar-refractivity contribution in [2.24, 2.45) is 0 Å². The Morgan fingerprint density at radius 1 is 1.08 bits per heavy atom. The fourth-order valence-electron chi connectivity index (χ4n) is 2.36. The third-order valence-corrected chi connectivity index (χ3v) is 5.01. The summed E-state index contributed by atoms with van der Waals surface area (Å²) in [4.78, 5) is 11.8. The third-order valence-electron chi connectivity index (χ3n) is 3.63. The molecule has 1 N–H and O–H groups in total. The van der Waals surface area contributed by atoms with Gasteiger partial charge in [-0.3, -0.25) is 4.72 Å². The van der Waals surface area contributed by atoms with Crippen LogP contribution in [0, 0.1) is 0 Å². The summed E-state index contributed by atoms with van der Waals surface area (Å²) in [6, 6.07) is 10.5. The van der Waals surface area contributed by atoms with Crippen LogP contribution >= 0.6 is 0 Å². The maximum Gasteiger partial charge on any atom is 0.338 e. The van der Waals surface area contributed by atoms with Crippen LogP contribution in [-0.4, -0.2) is 34.2 Å². The normalized spacial score (nSPS) is 13.1. The highest BCUT2D eigenvalue weighted by molar-refractivity contribution is 7.92. The van der Waals surface area contributed by atoms with Crippen LogP contribution in [0.2, 0.25) is 0 Å². The minimum Gasteiger partial charge on any atom is -0.486 e. The molecule has 2 aromatic rings. The van der Waals surface area contributed by atoms with Gasteiger partial charge in [-0.2, -0.15) is 0 Å². The molecule has 7 nitrogen and oxygen atoms in total. The quantitative estimate of drug-likeness (QED) is 0.779. The van der Waals surface area contributed by atoms with Crippen LogP contribution in [0.3, 0.4) is 0 Å². The van der Waals surface area contributed by atoms with E-state index >= 15 is 0 Å². The van der Waals surface area contributed by atoms with Gasteiger partial charge in [0.15, 0.2) is 11.5 Å². The summed E-state index contributed by atoms with van der Waals surface area (Å²) in [6.07, 6.45) is 0.735. The fourth-order valence-corrected chi connectivity index (χ4v) is 3.43. The van der Waals surface area contributed by atoms with Crippen molar-refractivity contribution >= 4 is 21.7 Å². The van der Waals surface area contributed by atoms with Gasteiger partial charge in [-0.25, -0.2) is 13.2 Å². The highest BCUT2D eigenvalue weighted by Crippen LogP contribution is 2.32.